The summed E-state index contributed by atoms with van der Waals surface area (Å²) in [5, 5.41) is 16.7. The van der Waals surface area contributed by atoms with Crippen molar-refractivity contribution in [2.45, 2.75) is 82.3 Å². The van der Waals surface area contributed by atoms with Crippen molar-refractivity contribution >= 4 is 11.8 Å². The fourth-order valence-corrected chi connectivity index (χ4v) is 5.14. The maximum Gasteiger partial charge on any atom is 0.221 e. The highest BCUT2D eigenvalue weighted by Gasteiger charge is 2.38. The van der Waals surface area contributed by atoms with Crippen LogP contribution in [0.25, 0.3) is 0 Å². The number of aliphatic hydroxyl groups is 1. The molecule has 1 aromatic rings. The quantitative estimate of drug-likeness (QED) is 0.582. The third-order valence-electron chi connectivity index (χ3n) is 7.07. The second-order valence-corrected chi connectivity index (χ2v) is 9.38. The van der Waals surface area contributed by atoms with Crippen LogP contribution in [0.15, 0.2) is 30.3 Å². The van der Waals surface area contributed by atoms with Crippen molar-refractivity contribution in [3.05, 3.63) is 35.9 Å². The van der Waals surface area contributed by atoms with Crippen molar-refractivity contribution in [1.82, 2.24) is 15.5 Å². The molecule has 1 saturated heterocycles. The number of hydrogen-bond donors (Lipinski definition) is 3. The molecule has 31 heavy (non-hydrogen) atoms. The molecule has 0 spiro atoms. The molecule has 3 atom stereocenters. The Hall–Kier alpha value is -1.92. The Kier molecular flexibility index (Phi) is 8.90. The first-order valence-corrected chi connectivity index (χ1v) is 12.0. The summed E-state index contributed by atoms with van der Waals surface area (Å²) in [6.07, 6.45) is 7.92. The predicted molar refractivity (Wildman–Crippen MR) is 123 cm³/mol. The Bertz CT molecular complexity index is 703. The van der Waals surface area contributed by atoms with Crippen molar-refractivity contribution in [2.75, 3.05) is 26.2 Å². The van der Waals surface area contributed by atoms with Crippen molar-refractivity contribution < 1.29 is 14.7 Å². The van der Waals surface area contributed by atoms with E-state index in [1.165, 1.54) is 38.2 Å². The maximum absolute atomic E-state index is 12.7. The maximum atomic E-state index is 12.7. The van der Waals surface area contributed by atoms with E-state index in [9.17, 15) is 14.7 Å². The molecule has 2 aliphatic rings. The topological polar surface area (TPSA) is 81.7 Å². The zero-order valence-corrected chi connectivity index (χ0v) is 18.9. The van der Waals surface area contributed by atoms with Crippen LogP contribution in [0.2, 0.25) is 0 Å². The molecule has 1 heterocycles. The number of carbonyl (C=O) groups is 2. The van der Waals surface area contributed by atoms with Gasteiger partial charge in [0.05, 0.1) is 12.1 Å². The second kappa shape index (κ2) is 11.6. The number of nitrogens with one attached hydrogen (secondary N) is 2. The number of likely N-dealkylation sites (tertiary alicyclic amines) is 1. The molecular weight excluding hydrogens is 390 g/mol. The van der Waals surface area contributed by atoms with Crippen molar-refractivity contribution in [2.24, 2.45) is 0 Å². The Morgan fingerprint density at radius 2 is 1.74 bits per heavy atom. The standard InChI is InChI=1S/C25H39N3O3/c1-20(29)27-22-11-14-25(15-12-23(22)30,21-9-5-4-6-10-21)19-26-24(31)13-18-28-16-7-2-3-8-17-28/h4-6,9-10,22-23,30H,2-3,7-8,11-19H2,1H3,(H,26,31)(H,27,29)/t22-,23-,25-/m0/s1. The van der Waals surface area contributed by atoms with Gasteiger partial charge in [0.2, 0.25) is 11.8 Å². The van der Waals surface area contributed by atoms with E-state index < -0.39 is 6.10 Å². The Morgan fingerprint density at radius 1 is 1.06 bits per heavy atom. The highest BCUT2D eigenvalue weighted by atomic mass is 16.3. The summed E-state index contributed by atoms with van der Waals surface area (Å²) in [6, 6.07) is 10.1. The van der Waals surface area contributed by atoms with E-state index in [1.807, 2.05) is 18.2 Å². The molecule has 0 aromatic heterocycles. The minimum atomic E-state index is -0.562. The van der Waals surface area contributed by atoms with E-state index in [0.29, 0.717) is 25.8 Å². The summed E-state index contributed by atoms with van der Waals surface area (Å²) >= 11 is 0. The zero-order chi connectivity index (χ0) is 22.1. The zero-order valence-electron chi connectivity index (χ0n) is 18.9. The first-order valence-electron chi connectivity index (χ1n) is 12.0. The summed E-state index contributed by atoms with van der Waals surface area (Å²) in [6.45, 7) is 5.09. The monoisotopic (exact) mass is 429 g/mol. The van der Waals surface area contributed by atoms with Crippen molar-refractivity contribution in [3.63, 3.8) is 0 Å². The normalized spacial score (nSPS) is 27.7. The second-order valence-electron chi connectivity index (χ2n) is 9.38. The van der Waals surface area contributed by atoms with E-state index >= 15 is 0 Å². The summed E-state index contributed by atoms with van der Waals surface area (Å²) in [7, 11) is 0. The molecule has 0 radical (unpaired) electrons. The van der Waals surface area contributed by atoms with E-state index in [-0.39, 0.29) is 23.3 Å². The number of aliphatic hydroxyl groups excluding tert-OH is 1. The summed E-state index contributed by atoms with van der Waals surface area (Å²) in [4.78, 5) is 26.7. The number of carbonyl (C=O) groups excluding carboxylic acids is 2. The van der Waals surface area contributed by atoms with Crippen LogP contribution in [0.3, 0.4) is 0 Å². The van der Waals surface area contributed by atoms with E-state index in [4.69, 9.17) is 0 Å². The van der Waals surface area contributed by atoms with Crippen LogP contribution in [0.4, 0.5) is 0 Å². The lowest BCUT2D eigenvalue weighted by Crippen LogP contribution is -2.42. The fraction of sp³-hybridized carbons (Fsp3) is 0.680. The molecule has 172 valence electrons. The number of rotatable bonds is 7. The molecule has 3 rings (SSSR count). The van der Waals surface area contributed by atoms with Gasteiger partial charge in [0.1, 0.15) is 0 Å². The SMILES string of the molecule is CC(=O)N[C@H]1CC[C@](CNC(=O)CCN2CCCCCC2)(c2ccccc2)CC[C@@H]1O. The molecule has 0 unspecified atom stereocenters. The van der Waals surface area contributed by atoms with Gasteiger partial charge in [0.25, 0.3) is 0 Å². The minimum absolute atomic E-state index is 0.0998. The van der Waals surface area contributed by atoms with Gasteiger partial charge in [-0.15, -0.1) is 0 Å². The third-order valence-corrected chi connectivity index (χ3v) is 7.07. The minimum Gasteiger partial charge on any atom is -0.391 e. The Morgan fingerprint density at radius 3 is 2.42 bits per heavy atom. The van der Waals surface area contributed by atoms with Crippen LogP contribution in [-0.2, 0) is 15.0 Å². The highest BCUT2D eigenvalue weighted by Crippen LogP contribution is 2.38. The molecule has 1 saturated carbocycles. The Balaban J connectivity index is 1.62. The number of nitrogens with zero attached hydrogens (tertiary/aromatic N) is 1. The van der Waals surface area contributed by atoms with Gasteiger partial charge in [-0.3, -0.25) is 9.59 Å². The van der Waals surface area contributed by atoms with Gasteiger partial charge in [-0.1, -0.05) is 43.2 Å². The molecule has 1 aromatic carbocycles. The molecule has 6 heteroatoms. The number of amides is 2. The number of benzene rings is 1. The van der Waals surface area contributed by atoms with Gasteiger partial charge in [-0.05, 0) is 57.2 Å². The van der Waals surface area contributed by atoms with Gasteiger partial charge in [0.15, 0.2) is 0 Å². The van der Waals surface area contributed by atoms with E-state index in [1.54, 1.807) is 0 Å². The average Bonchev–Trinajstić information content (AvgIpc) is 3.12. The molecule has 2 fully saturated rings. The third kappa shape index (κ3) is 7.04. The smallest absolute Gasteiger partial charge is 0.221 e. The fourth-order valence-electron chi connectivity index (χ4n) is 5.14. The first kappa shape index (κ1) is 23.7. The summed E-state index contributed by atoms with van der Waals surface area (Å²) in [5.74, 6) is -0.0131. The molecule has 3 N–H and O–H groups in total. The van der Waals surface area contributed by atoms with Gasteiger partial charge in [-0.2, -0.15) is 0 Å². The van der Waals surface area contributed by atoms with Crippen molar-refractivity contribution in [1.29, 1.82) is 0 Å². The van der Waals surface area contributed by atoms with Crippen LogP contribution in [0, 0.1) is 0 Å². The molecule has 2 amide bonds. The average molecular weight is 430 g/mol. The summed E-state index contributed by atoms with van der Waals surface area (Å²) in [5.41, 5.74) is 0.965. The van der Waals surface area contributed by atoms with Crippen LogP contribution in [0.1, 0.15) is 70.3 Å². The Labute approximate surface area is 186 Å². The number of hydrogen-bond acceptors (Lipinski definition) is 4. The summed E-state index contributed by atoms with van der Waals surface area (Å²) < 4.78 is 0. The van der Waals surface area contributed by atoms with Gasteiger partial charge >= 0.3 is 0 Å². The predicted octanol–water partition coefficient (Wildman–Crippen LogP) is 2.75. The van der Waals surface area contributed by atoms with E-state index in [2.05, 4.69) is 27.7 Å². The van der Waals surface area contributed by atoms with E-state index in [0.717, 1.165) is 32.5 Å². The van der Waals surface area contributed by atoms with Gasteiger partial charge < -0.3 is 20.6 Å². The van der Waals surface area contributed by atoms with Gasteiger partial charge in [0, 0.05) is 31.8 Å². The molecular formula is C25H39N3O3. The van der Waals surface area contributed by atoms with Gasteiger partial charge in [-0.25, -0.2) is 0 Å². The van der Waals surface area contributed by atoms with Crippen LogP contribution < -0.4 is 10.6 Å². The molecule has 1 aliphatic carbocycles. The molecule has 0 bridgehead atoms. The lowest BCUT2D eigenvalue weighted by atomic mass is 9.74. The largest absolute Gasteiger partial charge is 0.391 e. The molecule has 6 nitrogen and oxygen atoms in total. The first-order chi connectivity index (χ1) is 15.0. The van der Waals surface area contributed by atoms with Crippen LogP contribution in [-0.4, -0.2) is 60.1 Å². The molecule has 1 aliphatic heterocycles. The van der Waals surface area contributed by atoms with Crippen LogP contribution >= 0.6 is 0 Å². The highest BCUT2D eigenvalue weighted by molar-refractivity contribution is 5.76. The van der Waals surface area contributed by atoms with Crippen molar-refractivity contribution in [3.8, 4) is 0 Å². The van der Waals surface area contributed by atoms with Crippen LogP contribution in [0.5, 0.6) is 0 Å². The lowest BCUT2D eigenvalue weighted by molar-refractivity contribution is -0.122. The lowest BCUT2D eigenvalue weighted by Gasteiger charge is -2.34.